The van der Waals surface area contributed by atoms with Crippen molar-refractivity contribution in [2.45, 2.75) is 0 Å². The summed E-state index contributed by atoms with van der Waals surface area (Å²) in [4.78, 5) is 12.5. The van der Waals surface area contributed by atoms with Crippen LogP contribution in [0.2, 0.25) is 5.02 Å². The molecule has 0 radical (unpaired) electrons. The quantitative estimate of drug-likeness (QED) is 0.765. The number of carbonyl (C=O) groups excluding carboxylic acids is 1. The maximum Gasteiger partial charge on any atom is 0.194 e. The average molecular weight is 356 g/mol. The van der Waals surface area contributed by atoms with Crippen LogP contribution in [-0.4, -0.2) is 20.0 Å². The van der Waals surface area contributed by atoms with Gasteiger partial charge in [0.1, 0.15) is 0 Å². The summed E-state index contributed by atoms with van der Waals surface area (Å²) in [6, 6.07) is 10.2. The van der Waals surface area contributed by atoms with E-state index < -0.39 is 0 Å². The van der Waals surface area contributed by atoms with Gasteiger partial charge < -0.3 is 9.47 Å². The Bertz CT molecular complexity index is 656. The summed E-state index contributed by atoms with van der Waals surface area (Å²) in [5.74, 6) is 0.920. The molecule has 0 atom stereocenters. The summed E-state index contributed by atoms with van der Waals surface area (Å²) in [7, 11) is 3.07. The molecule has 0 saturated carbocycles. The number of hydrogen-bond acceptors (Lipinski definition) is 3. The zero-order valence-electron chi connectivity index (χ0n) is 10.9. The molecule has 104 valence electrons. The lowest BCUT2D eigenvalue weighted by molar-refractivity contribution is 0.103. The highest BCUT2D eigenvalue weighted by atomic mass is 79.9. The van der Waals surface area contributed by atoms with Crippen molar-refractivity contribution in [3.8, 4) is 11.5 Å². The summed E-state index contributed by atoms with van der Waals surface area (Å²) in [5.41, 5.74) is 1.01. The van der Waals surface area contributed by atoms with Gasteiger partial charge in [-0.3, -0.25) is 4.79 Å². The number of ketones is 1. The van der Waals surface area contributed by atoms with E-state index in [4.69, 9.17) is 21.1 Å². The van der Waals surface area contributed by atoms with E-state index in [1.165, 1.54) is 7.11 Å². The minimum atomic E-state index is -0.139. The van der Waals surface area contributed by atoms with Crippen molar-refractivity contribution in [3.63, 3.8) is 0 Å². The van der Waals surface area contributed by atoms with E-state index in [2.05, 4.69) is 15.9 Å². The average Bonchev–Trinajstić information content (AvgIpc) is 2.46. The Morgan fingerprint density at radius 1 is 1.10 bits per heavy atom. The second-order valence-electron chi connectivity index (χ2n) is 4.03. The third kappa shape index (κ3) is 2.97. The third-order valence-electron chi connectivity index (χ3n) is 2.80. The normalized spacial score (nSPS) is 10.2. The molecule has 2 aromatic carbocycles. The molecule has 0 aliphatic heterocycles. The summed E-state index contributed by atoms with van der Waals surface area (Å²) in [6.45, 7) is 0. The summed E-state index contributed by atoms with van der Waals surface area (Å²) in [5, 5.41) is 0.521. The Labute approximate surface area is 130 Å². The van der Waals surface area contributed by atoms with Crippen molar-refractivity contribution in [2.75, 3.05) is 14.2 Å². The molecule has 0 fully saturated rings. The lowest BCUT2D eigenvalue weighted by Crippen LogP contribution is -2.04. The van der Waals surface area contributed by atoms with E-state index in [1.54, 1.807) is 43.5 Å². The molecule has 0 saturated heterocycles. The molecule has 0 bridgehead atoms. The van der Waals surface area contributed by atoms with Crippen LogP contribution >= 0.6 is 27.5 Å². The highest BCUT2D eigenvalue weighted by Crippen LogP contribution is 2.34. The van der Waals surface area contributed by atoms with Gasteiger partial charge in [0.2, 0.25) is 0 Å². The topological polar surface area (TPSA) is 35.5 Å². The van der Waals surface area contributed by atoms with Crippen LogP contribution in [-0.2, 0) is 0 Å². The molecular formula is C15H12BrClO3. The molecule has 0 unspecified atom stereocenters. The van der Waals surface area contributed by atoms with Crippen LogP contribution in [0.1, 0.15) is 15.9 Å². The molecule has 20 heavy (non-hydrogen) atoms. The first kappa shape index (κ1) is 14.9. The highest BCUT2D eigenvalue weighted by Gasteiger charge is 2.17. The summed E-state index contributed by atoms with van der Waals surface area (Å²) in [6.07, 6.45) is 0. The highest BCUT2D eigenvalue weighted by molar-refractivity contribution is 9.10. The molecule has 0 spiro atoms. The lowest BCUT2D eigenvalue weighted by atomic mass is 10.0. The van der Waals surface area contributed by atoms with Crippen molar-refractivity contribution >= 4 is 33.3 Å². The molecule has 0 N–H and O–H groups in total. The minimum absolute atomic E-state index is 0.139. The first-order valence-electron chi connectivity index (χ1n) is 5.78. The number of methoxy groups -OCH3 is 2. The third-order valence-corrected chi connectivity index (χ3v) is 3.70. The van der Waals surface area contributed by atoms with Gasteiger partial charge in [0.05, 0.1) is 14.2 Å². The van der Waals surface area contributed by atoms with Crippen LogP contribution in [0.15, 0.2) is 40.9 Å². The number of hydrogen-bond donors (Lipinski definition) is 0. The van der Waals surface area contributed by atoms with Gasteiger partial charge >= 0.3 is 0 Å². The van der Waals surface area contributed by atoms with Crippen molar-refractivity contribution in [2.24, 2.45) is 0 Å². The molecule has 0 aromatic heterocycles. The minimum Gasteiger partial charge on any atom is -0.493 e. The van der Waals surface area contributed by atoms with Crippen LogP contribution in [0, 0.1) is 0 Å². The van der Waals surface area contributed by atoms with Crippen LogP contribution in [0.4, 0.5) is 0 Å². The predicted molar refractivity (Wildman–Crippen MR) is 82.1 cm³/mol. The molecule has 0 heterocycles. The molecule has 3 nitrogen and oxygen atoms in total. The molecule has 0 amide bonds. The molecule has 5 heteroatoms. The second-order valence-corrected chi connectivity index (χ2v) is 5.32. The monoisotopic (exact) mass is 354 g/mol. The fourth-order valence-electron chi connectivity index (χ4n) is 1.81. The van der Waals surface area contributed by atoms with E-state index in [0.29, 0.717) is 32.1 Å². The maximum absolute atomic E-state index is 12.5. The zero-order chi connectivity index (χ0) is 14.7. The van der Waals surface area contributed by atoms with E-state index in [-0.39, 0.29) is 5.78 Å². The van der Waals surface area contributed by atoms with Gasteiger partial charge in [-0.1, -0.05) is 23.7 Å². The summed E-state index contributed by atoms with van der Waals surface area (Å²) < 4.78 is 11.0. The SMILES string of the molecule is COc1cc(Br)c(C(=O)c2cccc(Cl)c2)cc1OC. The van der Waals surface area contributed by atoms with E-state index in [1.807, 2.05) is 0 Å². The van der Waals surface area contributed by atoms with E-state index >= 15 is 0 Å². The van der Waals surface area contributed by atoms with Gasteiger partial charge in [-0.2, -0.15) is 0 Å². The van der Waals surface area contributed by atoms with Crippen molar-refractivity contribution in [1.29, 1.82) is 0 Å². The smallest absolute Gasteiger partial charge is 0.194 e. The Morgan fingerprint density at radius 3 is 2.35 bits per heavy atom. The van der Waals surface area contributed by atoms with Crippen LogP contribution in [0.25, 0.3) is 0 Å². The first-order chi connectivity index (χ1) is 9.56. The number of halogens is 2. The number of benzene rings is 2. The van der Waals surface area contributed by atoms with Gasteiger partial charge in [0.15, 0.2) is 17.3 Å². The Balaban J connectivity index is 2.49. The van der Waals surface area contributed by atoms with Crippen LogP contribution < -0.4 is 9.47 Å². The number of carbonyl (C=O) groups is 1. The first-order valence-corrected chi connectivity index (χ1v) is 6.95. The lowest BCUT2D eigenvalue weighted by Gasteiger charge is -2.11. The largest absolute Gasteiger partial charge is 0.493 e. The number of rotatable bonds is 4. The van der Waals surface area contributed by atoms with Gasteiger partial charge in [-0.25, -0.2) is 0 Å². The van der Waals surface area contributed by atoms with Gasteiger partial charge in [-0.05, 0) is 40.2 Å². The predicted octanol–water partition coefficient (Wildman–Crippen LogP) is 4.35. The fourth-order valence-corrected chi connectivity index (χ4v) is 2.51. The van der Waals surface area contributed by atoms with Gasteiger partial charge in [0.25, 0.3) is 0 Å². The molecule has 2 aromatic rings. The number of ether oxygens (including phenoxy) is 2. The fraction of sp³-hybridized carbons (Fsp3) is 0.133. The molecule has 0 aliphatic rings. The van der Waals surface area contributed by atoms with Crippen molar-refractivity contribution in [3.05, 3.63) is 57.0 Å². The van der Waals surface area contributed by atoms with Gasteiger partial charge in [-0.15, -0.1) is 0 Å². The Morgan fingerprint density at radius 2 is 1.75 bits per heavy atom. The molecular weight excluding hydrogens is 344 g/mol. The standard InChI is InChI=1S/C15H12BrClO3/c1-19-13-7-11(12(16)8-14(13)20-2)15(18)9-4-3-5-10(17)6-9/h3-8H,1-2H3. The van der Waals surface area contributed by atoms with E-state index in [0.717, 1.165) is 0 Å². The zero-order valence-corrected chi connectivity index (χ0v) is 13.3. The molecule has 0 aliphatic carbocycles. The maximum atomic E-state index is 12.5. The Hall–Kier alpha value is -1.52. The van der Waals surface area contributed by atoms with E-state index in [9.17, 15) is 4.79 Å². The van der Waals surface area contributed by atoms with Crippen LogP contribution in [0.3, 0.4) is 0 Å². The van der Waals surface area contributed by atoms with Crippen LogP contribution in [0.5, 0.6) is 11.5 Å². The molecule has 2 rings (SSSR count). The van der Waals surface area contributed by atoms with Crippen molar-refractivity contribution in [1.82, 2.24) is 0 Å². The second kappa shape index (κ2) is 6.29. The van der Waals surface area contributed by atoms with Gasteiger partial charge in [0, 0.05) is 20.6 Å². The Kier molecular flexibility index (Phi) is 4.68. The van der Waals surface area contributed by atoms with Crippen molar-refractivity contribution < 1.29 is 14.3 Å². The summed E-state index contributed by atoms with van der Waals surface area (Å²) >= 11 is 9.29.